The third-order valence-corrected chi connectivity index (χ3v) is 4.88. The molecule has 0 fully saturated rings. The number of carbonyl (C=O) groups excluding carboxylic acids is 1. The smallest absolute Gasteiger partial charge is 0.412 e. The molecule has 160 valence electrons. The minimum absolute atomic E-state index is 0.185. The molecule has 1 amide bonds. The molecule has 0 aliphatic rings. The van der Waals surface area contributed by atoms with Gasteiger partial charge in [-0.25, -0.2) is 9.59 Å². The Morgan fingerprint density at radius 3 is 2.72 bits per heavy atom. The van der Waals surface area contributed by atoms with Gasteiger partial charge in [-0.3, -0.25) is 5.32 Å². The van der Waals surface area contributed by atoms with Gasteiger partial charge in [0, 0.05) is 22.7 Å². The minimum Gasteiger partial charge on any atom is -0.478 e. The van der Waals surface area contributed by atoms with Crippen molar-refractivity contribution in [3.63, 3.8) is 0 Å². The van der Waals surface area contributed by atoms with Crippen molar-refractivity contribution < 1.29 is 24.0 Å². The lowest BCUT2D eigenvalue weighted by molar-refractivity contribution is 0.0699. The van der Waals surface area contributed by atoms with E-state index in [0.717, 1.165) is 5.56 Å². The van der Waals surface area contributed by atoms with Crippen molar-refractivity contribution in [2.24, 2.45) is 0 Å². The lowest BCUT2D eigenvalue weighted by Gasteiger charge is -2.13. The van der Waals surface area contributed by atoms with E-state index in [4.69, 9.17) is 9.26 Å². The second-order valence-corrected chi connectivity index (χ2v) is 7.07. The summed E-state index contributed by atoms with van der Waals surface area (Å²) in [6.07, 6.45) is 0.354. The van der Waals surface area contributed by atoms with Crippen molar-refractivity contribution in [1.82, 2.24) is 10.1 Å². The molecule has 0 aliphatic heterocycles. The van der Waals surface area contributed by atoms with Crippen LogP contribution in [0.3, 0.4) is 0 Å². The van der Waals surface area contributed by atoms with Gasteiger partial charge in [0.15, 0.2) is 0 Å². The highest BCUT2D eigenvalue weighted by molar-refractivity contribution is 6.03. The first kappa shape index (κ1) is 20.8. The van der Waals surface area contributed by atoms with E-state index in [0.29, 0.717) is 27.8 Å². The number of carboxylic acids is 1. The molecule has 0 aliphatic carbocycles. The molecule has 0 spiro atoms. The summed E-state index contributed by atoms with van der Waals surface area (Å²) in [5.74, 6) is 4.98. The van der Waals surface area contributed by atoms with Gasteiger partial charge in [-0.05, 0) is 37.5 Å². The van der Waals surface area contributed by atoms with Crippen molar-refractivity contribution in [3.8, 4) is 11.8 Å². The van der Waals surface area contributed by atoms with Gasteiger partial charge in [-0.2, -0.15) is 0 Å². The summed E-state index contributed by atoms with van der Waals surface area (Å²) in [6.45, 7) is 3.46. The second kappa shape index (κ2) is 8.70. The topological polar surface area (TPSA) is 117 Å². The molecule has 0 bridgehead atoms. The molecule has 0 saturated heterocycles. The summed E-state index contributed by atoms with van der Waals surface area (Å²) >= 11 is 0. The number of aromatic amines is 1. The zero-order valence-electron chi connectivity index (χ0n) is 17.3. The lowest BCUT2D eigenvalue weighted by atomic mass is 10.1. The Kier molecular flexibility index (Phi) is 5.64. The van der Waals surface area contributed by atoms with Crippen LogP contribution in [0.5, 0.6) is 0 Å². The number of anilines is 1. The maximum atomic E-state index is 12.4. The average Bonchev–Trinajstić information content (AvgIpc) is 3.36. The summed E-state index contributed by atoms with van der Waals surface area (Å²) in [7, 11) is 0. The molecule has 3 N–H and O–H groups in total. The van der Waals surface area contributed by atoms with E-state index in [1.54, 1.807) is 32.0 Å². The van der Waals surface area contributed by atoms with E-state index >= 15 is 0 Å². The standard InChI is InChI=1S/C24H19N3O5/c1-14-22(26-24(30)31-15(2)17-6-4-3-5-7-17)21(32-27-14)11-9-16-8-10-18-19(23(28)29)13-25-20(18)12-16/h3-8,10,12-13,15,25H,1-2H3,(H,26,30)(H,28,29)/t15-/m1/s1. The molecular weight excluding hydrogens is 410 g/mol. The van der Waals surface area contributed by atoms with Crippen molar-refractivity contribution in [2.75, 3.05) is 5.32 Å². The largest absolute Gasteiger partial charge is 0.478 e. The Morgan fingerprint density at radius 2 is 1.97 bits per heavy atom. The number of ether oxygens (including phenoxy) is 1. The van der Waals surface area contributed by atoms with Crippen LogP contribution >= 0.6 is 0 Å². The molecule has 0 radical (unpaired) electrons. The number of carboxylic acid groups (broad SMARTS) is 1. The van der Waals surface area contributed by atoms with Crippen LogP contribution in [-0.4, -0.2) is 27.3 Å². The summed E-state index contributed by atoms with van der Waals surface area (Å²) in [6, 6.07) is 14.5. The summed E-state index contributed by atoms with van der Waals surface area (Å²) < 4.78 is 10.7. The number of nitrogens with zero attached hydrogens (tertiary/aromatic N) is 1. The fraction of sp³-hybridized carbons (Fsp3) is 0.125. The monoisotopic (exact) mass is 429 g/mol. The number of H-pyrrole nitrogens is 1. The molecule has 1 atom stereocenters. The summed E-state index contributed by atoms with van der Waals surface area (Å²) in [5, 5.41) is 16.3. The number of aromatic carboxylic acids is 1. The number of aromatic nitrogens is 2. The van der Waals surface area contributed by atoms with Crippen LogP contribution in [0, 0.1) is 18.8 Å². The van der Waals surface area contributed by atoms with Gasteiger partial charge in [0.1, 0.15) is 17.5 Å². The van der Waals surface area contributed by atoms with Crippen molar-refractivity contribution in [2.45, 2.75) is 20.0 Å². The maximum Gasteiger partial charge on any atom is 0.412 e. The van der Waals surface area contributed by atoms with Crippen LogP contribution in [-0.2, 0) is 4.74 Å². The zero-order valence-corrected chi connectivity index (χ0v) is 17.3. The fourth-order valence-corrected chi connectivity index (χ4v) is 3.20. The molecule has 2 aromatic heterocycles. The normalized spacial score (nSPS) is 11.4. The van der Waals surface area contributed by atoms with E-state index < -0.39 is 18.2 Å². The molecule has 0 saturated carbocycles. The minimum atomic E-state index is -1.00. The number of hydrogen-bond donors (Lipinski definition) is 3. The predicted octanol–water partition coefficient (Wildman–Crippen LogP) is 4.87. The van der Waals surface area contributed by atoms with E-state index in [-0.39, 0.29) is 11.3 Å². The first-order valence-electron chi connectivity index (χ1n) is 9.77. The van der Waals surface area contributed by atoms with Crippen LogP contribution in [0.1, 0.15) is 46.0 Å². The molecule has 4 aromatic rings. The Bertz CT molecular complexity index is 1360. The number of carbonyl (C=O) groups is 2. The third-order valence-electron chi connectivity index (χ3n) is 4.88. The highest BCUT2D eigenvalue weighted by Crippen LogP contribution is 2.23. The number of amides is 1. The Balaban J connectivity index is 1.51. The highest BCUT2D eigenvalue weighted by atomic mass is 16.6. The van der Waals surface area contributed by atoms with Gasteiger partial charge in [0.05, 0.1) is 5.56 Å². The highest BCUT2D eigenvalue weighted by Gasteiger charge is 2.18. The first-order chi connectivity index (χ1) is 15.4. The second-order valence-electron chi connectivity index (χ2n) is 7.07. The van der Waals surface area contributed by atoms with Crippen molar-refractivity contribution in [3.05, 3.63) is 82.9 Å². The molecular formula is C24H19N3O5. The van der Waals surface area contributed by atoms with Gasteiger partial charge in [0.2, 0.25) is 5.76 Å². The van der Waals surface area contributed by atoms with Crippen LogP contribution in [0.4, 0.5) is 10.5 Å². The van der Waals surface area contributed by atoms with Gasteiger partial charge in [-0.15, -0.1) is 0 Å². The SMILES string of the molecule is Cc1noc(C#Cc2ccc3c(C(=O)O)c[nH]c3c2)c1NC(=O)O[C@H](C)c1ccccc1. The number of hydrogen-bond acceptors (Lipinski definition) is 5. The molecule has 8 nitrogen and oxygen atoms in total. The van der Waals surface area contributed by atoms with Crippen molar-refractivity contribution >= 4 is 28.7 Å². The van der Waals surface area contributed by atoms with Gasteiger partial charge < -0.3 is 19.4 Å². The number of fused-ring (bicyclic) bond motifs is 1. The number of nitrogens with one attached hydrogen (secondary N) is 2. The van der Waals surface area contributed by atoms with E-state index in [2.05, 4.69) is 27.3 Å². The quantitative estimate of drug-likeness (QED) is 0.398. The van der Waals surface area contributed by atoms with Crippen LogP contribution in [0.2, 0.25) is 0 Å². The Hall–Kier alpha value is -4.51. The Labute approximate surface area is 183 Å². The van der Waals surface area contributed by atoms with Crippen LogP contribution in [0.15, 0.2) is 59.3 Å². The van der Waals surface area contributed by atoms with Crippen LogP contribution in [0.25, 0.3) is 10.9 Å². The summed E-state index contributed by atoms with van der Waals surface area (Å²) in [5.41, 5.74) is 3.15. The van der Waals surface area contributed by atoms with Crippen molar-refractivity contribution in [1.29, 1.82) is 0 Å². The number of aryl methyl sites for hydroxylation is 1. The third kappa shape index (κ3) is 4.32. The fourth-order valence-electron chi connectivity index (χ4n) is 3.20. The Morgan fingerprint density at radius 1 is 1.19 bits per heavy atom. The number of benzene rings is 2. The predicted molar refractivity (Wildman–Crippen MR) is 117 cm³/mol. The molecule has 4 rings (SSSR count). The molecule has 0 unspecified atom stereocenters. The van der Waals surface area contributed by atoms with E-state index in [9.17, 15) is 14.7 Å². The first-order valence-corrected chi connectivity index (χ1v) is 9.77. The van der Waals surface area contributed by atoms with Crippen LogP contribution < -0.4 is 5.32 Å². The van der Waals surface area contributed by atoms with Gasteiger partial charge in [0.25, 0.3) is 0 Å². The number of rotatable bonds is 4. The average molecular weight is 429 g/mol. The van der Waals surface area contributed by atoms with Gasteiger partial charge in [-0.1, -0.05) is 47.5 Å². The lowest BCUT2D eigenvalue weighted by Crippen LogP contribution is -2.16. The van der Waals surface area contributed by atoms with E-state index in [1.165, 1.54) is 6.20 Å². The maximum absolute atomic E-state index is 12.4. The molecule has 2 heterocycles. The zero-order chi connectivity index (χ0) is 22.7. The van der Waals surface area contributed by atoms with E-state index in [1.807, 2.05) is 30.3 Å². The van der Waals surface area contributed by atoms with Gasteiger partial charge >= 0.3 is 12.1 Å². The summed E-state index contributed by atoms with van der Waals surface area (Å²) in [4.78, 5) is 26.5. The molecule has 32 heavy (non-hydrogen) atoms. The molecule has 8 heteroatoms. The molecule has 2 aromatic carbocycles.